The van der Waals surface area contributed by atoms with Gasteiger partial charge in [-0.15, -0.1) is 0 Å². The molecule has 0 aliphatic carbocycles. The molecule has 4 nitrogen and oxygen atoms in total. The Kier molecular flexibility index (Phi) is 4.81. The van der Waals surface area contributed by atoms with Crippen LogP contribution in [0.3, 0.4) is 0 Å². The maximum atomic E-state index is 11.8. The molecule has 1 amide bonds. The summed E-state index contributed by atoms with van der Waals surface area (Å²) >= 11 is 3.41. The second-order valence-corrected chi connectivity index (χ2v) is 5.66. The molecule has 1 aromatic carbocycles. The molecule has 0 aliphatic heterocycles. The molecule has 0 aliphatic rings. The summed E-state index contributed by atoms with van der Waals surface area (Å²) in [6.45, 7) is 3.88. The van der Waals surface area contributed by atoms with Gasteiger partial charge in [-0.25, -0.2) is 0 Å². The molecule has 0 bridgehead atoms. The largest absolute Gasteiger partial charge is 0.508 e. The highest BCUT2D eigenvalue weighted by Crippen LogP contribution is 2.22. The molecule has 0 heterocycles. The molecule has 1 aromatic rings. The number of hydrogen-bond acceptors (Lipinski definition) is 3. The lowest BCUT2D eigenvalue weighted by molar-refractivity contribution is 0.0935. The molecule has 0 fully saturated rings. The summed E-state index contributed by atoms with van der Waals surface area (Å²) in [7, 11) is 0. The Bertz CT molecular complexity index is 407. The number of nitrogens with one attached hydrogen (secondary N) is 1. The van der Waals surface area contributed by atoms with Gasteiger partial charge in [0.25, 0.3) is 5.91 Å². The number of benzene rings is 1. The van der Waals surface area contributed by atoms with Crippen molar-refractivity contribution >= 4 is 21.8 Å². The molecule has 0 saturated heterocycles. The fourth-order valence-corrected chi connectivity index (χ4v) is 2.11. The molecule has 0 saturated carbocycles. The first-order valence-electron chi connectivity index (χ1n) is 5.37. The van der Waals surface area contributed by atoms with Crippen LogP contribution in [0.2, 0.25) is 0 Å². The van der Waals surface area contributed by atoms with Gasteiger partial charge in [0.05, 0.1) is 5.56 Å². The van der Waals surface area contributed by atoms with Crippen molar-refractivity contribution in [3.63, 3.8) is 0 Å². The first kappa shape index (κ1) is 13.8. The number of rotatable bonds is 4. The van der Waals surface area contributed by atoms with E-state index in [1.807, 2.05) is 13.8 Å². The van der Waals surface area contributed by atoms with Crippen molar-refractivity contribution in [2.24, 2.45) is 0 Å². The van der Waals surface area contributed by atoms with E-state index in [1.54, 1.807) is 0 Å². The molecule has 5 heteroatoms. The van der Waals surface area contributed by atoms with Crippen LogP contribution >= 0.6 is 15.9 Å². The van der Waals surface area contributed by atoms with E-state index in [4.69, 9.17) is 0 Å². The number of carbonyl (C=O) groups is 1. The fraction of sp³-hybridized carbons (Fsp3) is 0.417. The zero-order chi connectivity index (χ0) is 13.0. The van der Waals surface area contributed by atoms with Gasteiger partial charge in [0.1, 0.15) is 11.5 Å². The third-order valence-corrected chi connectivity index (χ3v) is 2.65. The van der Waals surface area contributed by atoms with E-state index >= 15 is 0 Å². The zero-order valence-electron chi connectivity index (χ0n) is 9.77. The number of hydrogen-bond donors (Lipinski definition) is 3. The Morgan fingerprint density at radius 3 is 2.65 bits per heavy atom. The number of halogens is 1. The van der Waals surface area contributed by atoms with Crippen LogP contribution in [0.1, 0.15) is 30.6 Å². The summed E-state index contributed by atoms with van der Waals surface area (Å²) < 4.78 is 0. The van der Waals surface area contributed by atoms with Crippen molar-refractivity contribution in [3.05, 3.63) is 23.8 Å². The van der Waals surface area contributed by atoms with E-state index in [1.165, 1.54) is 18.2 Å². The van der Waals surface area contributed by atoms with Crippen molar-refractivity contribution in [1.82, 2.24) is 5.32 Å². The van der Waals surface area contributed by atoms with E-state index < -0.39 is 0 Å². The van der Waals surface area contributed by atoms with Gasteiger partial charge in [-0.1, -0.05) is 22.9 Å². The average molecular weight is 302 g/mol. The van der Waals surface area contributed by atoms with Crippen molar-refractivity contribution in [1.29, 1.82) is 0 Å². The summed E-state index contributed by atoms with van der Waals surface area (Å²) in [5, 5.41) is 21.5. The van der Waals surface area contributed by atoms with Crippen molar-refractivity contribution < 1.29 is 15.0 Å². The molecule has 94 valence electrons. The van der Waals surface area contributed by atoms with Crippen molar-refractivity contribution in [2.75, 3.05) is 0 Å². The zero-order valence-corrected chi connectivity index (χ0v) is 11.4. The molecule has 2 unspecified atom stereocenters. The minimum absolute atomic E-state index is 0.0152. The quantitative estimate of drug-likeness (QED) is 0.591. The SMILES string of the molecule is CC(Br)CC(C)NC(=O)c1cc(O)ccc1O. The molecular weight excluding hydrogens is 286 g/mol. The van der Waals surface area contributed by atoms with E-state index in [2.05, 4.69) is 21.2 Å². The molecule has 1 rings (SSSR count). The molecule has 0 spiro atoms. The maximum absolute atomic E-state index is 11.8. The summed E-state index contributed by atoms with van der Waals surface area (Å²) in [6, 6.07) is 3.85. The minimum atomic E-state index is -0.390. The van der Waals surface area contributed by atoms with Crippen LogP contribution in [0.15, 0.2) is 18.2 Å². The van der Waals surface area contributed by atoms with E-state index in [9.17, 15) is 15.0 Å². The van der Waals surface area contributed by atoms with Crippen LogP contribution in [-0.2, 0) is 0 Å². The van der Waals surface area contributed by atoms with E-state index in [-0.39, 0.29) is 29.0 Å². The lowest BCUT2D eigenvalue weighted by Gasteiger charge is -2.15. The van der Waals surface area contributed by atoms with Gasteiger partial charge in [0.2, 0.25) is 0 Å². The van der Waals surface area contributed by atoms with Crippen LogP contribution in [0.5, 0.6) is 11.5 Å². The summed E-state index contributed by atoms with van der Waals surface area (Å²) in [5.74, 6) is -0.576. The molecule has 0 aromatic heterocycles. The third kappa shape index (κ3) is 4.26. The second-order valence-electron chi connectivity index (χ2n) is 4.09. The number of phenolic OH excluding ortho intramolecular Hbond substituents is 2. The number of carbonyl (C=O) groups excluding carboxylic acids is 1. The highest BCUT2D eigenvalue weighted by atomic mass is 79.9. The van der Waals surface area contributed by atoms with E-state index in [0.717, 1.165) is 6.42 Å². The topological polar surface area (TPSA) is 69.6 Å². The Hall–Kier alpha value is -1.23. The number of phenols is 2. The van der Waals surface area contributed by atoms with Gasteiger partial charge < -0.3 is 15.5 Å². The van der Waals surface area contributed by atoms with Gasteiger partial charge in [-0.3, -0.25) is 4.79 Å². The van der Waals surface area contributed by atoms with Gasteiger partial charge >= 0.3 is 0 Å². The van der Waals surface area contributed by atoms with Crippen molar-refractivity contribution in [2.45, 2.75) is 31.1 Å². The van der Waals surface area contributed by atoms with Crippen LogP contribution in [0.4, 0.5) is 0 Å². The normalized spacial score (nSPS) is 14.1. The summed E-state index contributed by atoms with van der Waals surface area (Å²) in [6.07, 6.45) is 0.783. The van der Waals surface area contributed by atoms with Crippen LogP contribution in [-0.4, -0.2) is 27.0 Å². The van der Waals surface area contributed by atoms with Crippen LogP contribution < -0.4 is 5.32 Å². The Labute approximate surface area is 109 Å². The van der Waals surface area contributed by atoms with Gasteiger partial charge in [0, 0.05) is 10.9 Å². The highest BCUT2D eigenvalue weighted by Gasteiger charge is 2.15. The predicted octanol–water partition coefficient (Wildman–Crippen LogP) is 2.39. The maximum Gasteiger partial charge on any atom is 0.255 e. The molecule has 3 N–H and O–H groups in total. The van der Waals surface area contributed by atoms with Gasteiger partial charge in [0.15, 0.2) is 0 Å². The number of amides is 1. The first-order chi connectivity index (χ1) is 7.90. The monoisotopic (exact) mass is 301 g/mol. The Morgan fingerprint density at radius 1 is 1.41 bits per heavy atom. The lowest BCUT2D eigenvalue weighted by atomic mass is 10.1. The minimum Gasteiger partial charge on any atom is -0.508 e. The average Bonchev–Trinajstić information content (AvgIpc) is 2.20. The number of aromatic hydroxyl groups is 2. The summed E-state index contributed by atoms with van der Waals surface area (Å²) in [4.78, 5) is 12.1. The number of alkyl halides is 1. The second kappa shape index (κ2) is 5.91. The lowest BCUT2D eigenvalue weighted by Crippen LogP contribution is -2.33. The van der Waals surface area contributed by atoms with Crippen LogP contribution in [0.25, 0.3) is 0 Å². The predicted molar refractivity (Wildman–Crippen MR) is 69.7 cm³/mol. The van der Waals surface area contributed by atoms with E-state index in [0.29, 0.717) is 4.83 Å². The molecular formula is C12H16BrNO3. The Morgan fingerprint density at radius 2 is 2.06 bits per heavy atom. The summed E-state index contributed by atoms with van der Waals surface area (Å²) in [5.41, 5.74) is 0.0825. The highest BCUT2D eigenvalue weighted by molar-refractivity contribution is 9.09. The van der Waals surface area contributed by atoms with Gasteiger partial charge in [-0.05, 0) is 31.5 Å². The Balaban J connectivity index is 2.73. The molecule has 0 radical (unpaired) electrons. The standard InChI is InChI=1S/C12H16BrNO3/c1-7(13)5-8(2)14-12(17)10-6-9(15)3-4-11(10)16/h3-4,6-8,15-16H,5H2,1-2H3,(H,14,17). The van der Waals surface area contributed by atoms with Gasteiger partial charge in [-0.2, -0.15) is 0 Å². The fourth-order valence-electron chi connectivity index (χ4n) is 1.55. The smallest absolute Gasteiger partial charge is 0.255 e. The van der Waals surface area contributed by atoms with Crippen LogP contribution in [0, 0.1) is 0 Å². The molecule has 2 atom stereocenters. The molecule has 17 heavy (non-hydrogen) atoms. The third-order valence-electron chi connectivity index (χ3n) is 2.28. The van der Waals surface area contributed by atoms with Crippen molar-refractivity contribution in [3.8, 4) is 11.5 Å². The first-order valence-corrected chi connectivity index (χ1v) is 6.28.